The van der Waals surface area contributed by atoms with E-state index in [9.17, 15) is 0 Å². The summed E-state index contributed by atoms with van der Waals surface area (Å²) in [6.45, 7) is 4.31. The van der Waals surface area contributed by atoms with Crippen LogP contribution in [0.3, 0.4) is 0 Å². The van der Waals surface area contributed by atoms with Crippen LogP contribution in [0.1, 0.15) is 44.4 Å². The molecule has 2 rings (SSSR count). The first kappa shape index (κ1) is 14.9. The van der Waals surface area contributed by atoms with E-state index in [1.54, 1.807) is 0 Å². The summed E-state index contributed by atoms with van der Waals surface area (Å²) in [7, 11) is 0. The fourth-order valence-electron chi connectivity index (χ4n) is 2.34. The molecule has 5 heteroatoms. The molecule has 1 saturated heterocycles. The summed E-state index contributed by atoms with van der Waals surface area (Å²) < 4.78 is 5.74. The molecule has 0 aliphatic carbocycles. The Labute approximate surface area is 120 Å². The zero-order chi connectivity index (χ0) is 13.3. The van der Waals surface area contributed by atoms with E-state index in [2.05, 4.69) is 34.2 Å². The van der Waals surface area contributed by atoms with E-state index in [1.807, 2.05) is 0 Å². The summed E-state index contributed by atoms with van der Waals surface area (Å²) in [5.74, 6) is 4.97. The zero-order valence-corrected chi connectivity index (χ0v) is 12.7. The minimum absolute atomic E-state index is 0.751. The van der Waals surface area contributed by atoms with Gasteiger partial charge < -0.3 is 9.73 Å². The quantitative estimate of drug-likeness (QED) is 0.743. The maximum Gasteiger partial charge on any atom is 0.216 e. The Bertz CT molecular complexity index is 350. The number of hydrogen-bond donors (Lipinski definition) is 1. The molecule has 1 aromatic heterocycles. The molecule has 1 fully saturated rings. The van der Waals surface area contributed by atoms with Crippen LogP contribution in [-0.4, -0.2) is 34.8 Å². The van der Waals surface area contributed by atoms with Crippen LogP contribution in [0.5, 0.6) is 0 Å². The van der Waals surface area contributed by atoms with Crippen LogP contribution in [0.2, 0.25) is 0 Å². The molecular formula is C14H25N3OS. The molecule has 108 valence electrons. The predicted octanol–water partition coefficient (Wildman–Crippen LogP) is 2.69. The number of nitrogens with one attached hydrogen (secondary N) is 1. The van der Waals surface area contributed by atoms with E-state index in [0.29, 0.717) is 0 Å². The lowest BCUT2D eigenvalue weighted by molar-refractivity contribution is 0.388. The van der Waals surface area contributed by atoms with Gasteiger partial charge in [0.2, 0.25) is 11.8 Å². The number of aromatic nitrogens is 2. The van der Waals surface area contributed by atoms with Crippen molar-refractivity contribution in [2.45, 2.75) is 45.4 Å². The van der Waals surface area contributed by atoms with E-state index < -0.39 is 0 Å². The van der Waals surface area contributed by atoms with Crippen molar-refractivity contribution in [1.29, 1.82) is 0 Å². The van der Waals surface area contributed by atoms with Gasteiger partial charge in [0.05, 0.1) is 0 Å². The van der Waals surface area contributed by atoms with Crippen molar-refractivity contribution in [3.63, 3.8) is 0 Å². The third-order valence-corrected chi connectivity index (χ3v) is 4.53. The van der Waals surface area contributed by atoms with Crippen molar-refractivity contribution < 1.29 is 4.42 Å². The Morgan fingerprint density at radius 2 is 2.00 bits per heavy atom. The molecule has 0 amide bonds. The average molecular weight is 283 g/mol. The van der Waals surface area contributed by atoms with Crippen LogP contribution < -0.4 is 5.32 Å². The predicted molar refractivity (Wildman–Crippen MR) is 79.5 cm³/mol. The van der Waals surface area contributed by atoms with Gasteiger partial charge in [0.1, 0.15) is 0 Å². The molecule has 1 aromatic rings. The highest BCUT2D eigenvalue weighted by molar-refractivity contribution is 7.99. The smallest absolute Gasteiger partial charge is 0.216 e. The van der Waals surface area contributed by atoms with Gasteiger partial charge in [-0.15, -0.1) is 10.2 Å². The second-order valence-electron chi connectivity index (χ2n) is 5.20. The molecule has 2 heterocycles. The van der Waals surface area contributed by atoms with Crippen molar-refractivity contribution in [2.24, 2.45) is 5.92 Å². The normalized spacial score (nSPS) is 16.9. The van der Waals surface area contributed by atoms with Crippen LogP contribution in [0, 0.1) is 5.92 Å². The molecule has 0 saturated carbocycles. The van der Waals surface area contributed by atoms with Gasteiger partial charge in [-0.05, 0) is 56.2 Å². The molecule has 1 aliphatic rings. The van der Waals surface area contributed by atoms with Crippen molar-refractivity contribution in [2.75, 3.05) is 24.6 Å². The lowest BCUT2D eigenvalue weighted by Gasteiger charge is -2.19. The van der Waals surface area contributed by atoms with E-state index in [0.717, 1.165) is 50.1 Å². The fourth-order valence-corrected chi connectivity index (χ4v) is 3.54. The van der Waals surface area contributed by atoms with E-state index >= 15 is 0 Å². The fraction of sp³-hybridized carbons (Fsp3) is 0.857. The van der Waals surface area contributed by atoms with E-state index in [-0.39, 0.29) is 0 Å². The lowest BCUT2D eigenvalue weighted by Crippen LogP contribution is -2.16. The first-order valence-corrected chi connectivity index (χ1v) is 8.63. The first-order chi connectivity index (χ1) is 9.38. The Hall–Kier alpha value is -0.550. The van der Waals surface area contributed by atoms with Gasteiger partial charge in [0.15, 0.2) is 0 Å². The van der Waals surface area contributed by atoms with Crippen LogP contribution in [0.15, 0.2) is 4.42 Å². The number of rotatable bonds is 8. The van der Waals surface area contributed by atoms with Gasteiger partial charge in [0, 0.05) is 12.8 Å². The van der Waals surface area contributed by atoms with Gasteiger partial charge in [-0.1, -0.05) is 6.92 Å². The standard InChI is InChI=1S/C14H25N3OS/c1-2-7-15-8-3-4-13-16-17-14(18-13)11-12-5-9-19-10-6-12/h12,15H,2-11H2,1H3. The van der Waals surface area contributed by atoms with Gasteiger partial charge >= 0.3 is 0 Å². The van der Waals surface area contributed by atoms with E-state index in [4.69, 9.17) is 4.42 Å². The molecule has 0 radical (unpaired) electrons. The highest BCUT2D eigenvalue weighted by Gasteiger charge is 2.17. The van der Waals surface area contributed by atoms with Crippen molar-refractivity contribution in [1.82, 2.24) is 15.5 Å². The Morgan fingerprint density at radius 3 is 2.79 bits per heavy atom. The summed E-state index contributed by atoms with van der Waals surface area (Å²) in [4.78, 5) is 0. The van der Waals surface area contributed by atoms with Crippen molar-refractivity contribution in [3.8, 4) is 0 Å². The number of thioether (sulfide) groups is 1. The average Bonchev–Trinajstić information content (AvgIpc) is 2.87. The highest BCUT2D eigenvalue weighted by atomic mass is 32.2. The molecule has 4 nitrogen and oxygen atoms in total. The Kier molecular flexibility index (Phi) is 6.71. The minimum atomic E-state index is 0.751. The largest absolute Gasteiger partial charge is 0.425 e. The van der Waals surface area contributed by atoms with Gasteiger partial charge in [-0.25, -0.2) is 0 Å². The Morgan fingerprint density at radius 1 is 1.21 bits per heavy atom. The summed E-state index contributed by atoms with van der Waals surface area (Å²) in [6.07, 6.45) is 6.71. The number of hydrogen-bond acceptors (Lipinski definition) is 5. The SMILES string of the molecule is CCCNCCCc1nnc(CC2CCSCC2)o1. The maximum absolute atomic E-state index is 5.74. The van der Waals surface area contributed by atoms with Crippen LogP contribution in [0.25, 0.3) is 0 Å². The summed E-state index contributed by atoms with van der Waals surface area (Å²) in [5, 5.41) is 11.7. The lowest BCUT2D eigenvalue weighted by atomic mass is 9.99. The molecule has 1 N–H and O–H groups in total. The molecule has 0 spiro atoms. The molecule has 19 heavy (non-hydrogen) atoms. The second kappa shape index (κ2) is 8.59. The molecular weight excluding hydrogens is 258 g/mol. The van der Waals surface area contributed by atoms with Crippen molar-refractivity contribution in [3.05, 3.63) is 11.8 Å². The van der Waals surface area contributed by atoms with Crippen LogP contribution >= 0.6 is 11.8 Å². The summed E-state index contributed by atoms with van der Waals surface area (Å²) in [5.41, 5.74) is 0. The number of nitrogens with zero attached hydrogens (tertiary/aromatic N) is 2. The summed E-state index contributed by atoms with van der Waals surface area (Å²) in [6, 6.07) is 0. The van der Waals surface area contributed by atoms with Gasteiger partial charge in [0.25, 0.3) is 0 Å². The van der Waals surface area contributed by atoms with Crippen molar-refractivity contribution >= 4 is 11.8 Å². The molecule has 0 aromatic carbocycles. The highest BCUT2D eigenvalue weighted by Crippen LogP contribution is 2.25. The van der Waals surface area contributed by atoms with Gasteiger partial charge in [-0.3, -0.25) is 0 Å². The zero-order valence-electron chi connectivity index (χ0n) is 11.9. The maximum atomic E-state index is 5.74. The number of aryl methyl sites for hydroxylation is 1. The second-order valence-corrected chi connectivity index (χ2v) is 6.43. The minimum Gasteiger partial charge on any atom is -0.425 e. The van der Waals surface area contributed by atoms with Crippen LogP contribution in [0.4, 0.5) is 0 Å². The topological polar surface area (TPSA) is 51.0 Å². The molecule has 0 atom stereocenters. The third-order valence-electron chi connectivity index (χ3n) is 3.48. The summed E-state index contributed by atoms with van der Waals surface area (Å²) >= 11 is 2.06. The monoisotopic (exact) mass is 283 g/mol. The first-order valence-electron chi connectivity index (χ1n) is 7.48. The molecule has 0 unspecified atom stereocenters. The Balaban J connectivity index is 1.66. The van der Waals surface area contributed by atoms with Gasteiger partial charge in [-0.2, -0.15) is 11.8 Å². The molecule has 0 bridgehead atoms. The van der Waals surface area contributed by atoms with E-state index in [1.165, 1.54) is 30.8 Å². The van der Waals surface area contributed by atoms with Crippen LogP contribution in [-0.2, 0) is 12.8 Å². The third kappa shape index (κ3) is 5.53. The molecule has 1 aliphatic heterocycles.